The molecule has 0 aromatic heterocycles. The number of Topliss-reactive ketones (excluding diaryl/α,β-unsaturated/α-hetero) is 1. The van der Waals surface area contributed by atoms with Crippen molar-refractivity contribution in [2.45, 2.75) is 26.7 Å². The summed E-state index contributed by atoms with van der Waals surface area (Å²) in [5.41, 5.74) is 2.73. The Morgan fingerprint density at radius 2 is 1.61 bits per heavy atom. The third-order valence-electron chi connectivity index (χ3n) is 4.23. The highest BCUT2D eigenvalue weighted by atomic mass is 16.6. The van der Waals surface area contributed by atoms with E-state index in [2.05, 4.69) is 6.07 Å². The van der Waals surface area contributed by atoms with Crippen LogP contribution in [-0.4, -0.2) is 38.2 Å². The molecule has 1 aliphatic heterocycles. The SMILES string of the molecule is Cc1cc(C)cc(OCCOC(=O)CCC(=O)c2ccc3c(c2)OCCO3)c1. The van der Waals surface area contributed by atoms with E-state index < -0.39 is 5.97 Å². The van der Waals surface area contributed by atoms with Crippen LogP contribution in [0.25, 0.3) is 0 Å². The van der Waals surface area contributed by atoms with Crippen molar-refractivity contribution in [3.63, 3.8) is 0 Å². The second-order valence-corrected chi connectivity index (χ2v) is 6.67. The fourth-order valence-electron chi connectivity index (χ4n) is 2.98. The summed E-state index contributed by atoms with van der Waals surface area (Å²) < 4.78 is 21.6. The first-order valence-electron chi connectivity index (χ1n) is 9.31. The van der Waals surface area contributed by atoms with Gasteiger partial charge in [0.2, 0.25) is 0 Å². The normalized spacial score (nSPS) is 12.4. The lowest BCUT2D eigenvalue weighted by atomic mass is 10.1. The van der Waals surface area contributed by atoms with Crippen LogP contribution in [0.1, 0.15) is 34.3 Å². The molecule has 0 amide bonds. The molecule has 1 heterocycles. The topological polar surface area (TPSA) is 71.1 Å². The molecule has 0 spiro atoms. The van der Waals surface area contributed by atoms with Gasteiger partial charge in [0.15, 0.2) is 17.3 Å². The van der Waals surface area contributed by atoms with E-state index in [1.54, 1.807) is 18.2 Å². The summed E-state index contributed by atoms with van der Waals surface area (Å²) in [5.74, 6) is 1.38. The minimum Gasteiger partial charge on any atom is -0.490 e. The Labute approximate surface area is 164 Å². The molecule has 0 saturated heterocycles. The first-order chi connectivity index (χ1) is 13.5. The Morgan fingerprint density at radius 1 is 0.893 bits per heavy atom. The summed E-state index contributed by atoms with van der Waals surface area (Å²) in [6, 6.07) is 11.0. The summed E-state index contributed by atoms with van der Waals surface area (Å²) in [4.78, 5) is 24.1. The number of fused-ring (bicyclic) bond motifs is 1. The van der Waals surface area contributed by atoms with Crippen LogP contribution in [-0.2, 0) is 9.53 Å². The van der Waals surface area contributed by atoms with Gasteiger partial charge in [-0.3, -0.25) is 9.59 Å². The van der Waals surface area contributed by atoms with Gasteiger partial charge in [0, 0.05) is 12.0 Å². The van der Waals surface area contributed by atoms with Gasteiger partial charge in [0.05, 0.1) is 6.42 Å². The highest BCUT2D eigenvalue weighted by Gasteiger charge is 2.16. The molecule has 1 aliphatic rings. The van der Waals surface area contributed by atoms with Gasteiger partial charge in [-0.2, -0.15) is 0 Å². The van der Waals surface area contributed by atoms with E-state index in [0.717, 1.165) is 16.9 Å². The number of aryl methyl sites for hydroxylation is 2. The van der Waals surface area contributed by atoms with E-state index in [-0.39, 0.29) is 31.8 Å². The summed E-state index contributed by atoms with van der Waals surface area (Å²) in [6.07, 6.45) is 0.104. The van der Waals surface area contributed by atoms with Crippen LogP contribution in [0, 0.1) is 13.8 Å². The average molecular weight is 384 g/mol. The molecule has 2 aromatic carbocycles. The standard InChI is InChI=1S/C22H24O6/c1-15-11-16(2)13-18(12-15)25-7-10-28-22(24)6-4-19(23)17-3-5-20-21(14-17)27-9-8-26-20/h3,5,11-14H,4,6-10H2,1-2H3. The average Bonchev–Trinajstić information content (AvgIpc) is 2.68. The maximum absolute atomic E-state index is 12.3. The number of carbonyl (C=O) groups is 2. The number of ketones is 1. The molecule has 0 bridgehead atoms. The van der Waals surface area contributed by atoms with Gasteiger partial charge in [0.25, 0.3) is 0 Å². The van der Waals surface area contributed by atoms with E-state index in [1.807, 2.05) is 26.0 Å². The van der Waals surface area contributed by atoms with E-state index in [1.165, 1.54) is 0 Å². The molecule has 2 aromatic rings. The summed E-state index contributed by atoms with van der Waals surface area (Å²) in [7, 11) is 0. The summed E-state index contributed by atoms with van der Waals surface area (Å²) >= 11 is 0. The van der Waals surface area contributed by atoms with E-state index in [4.69, 9.17) is 18.9 Å². The fraction of sp³-hybridized carbons (Fsp3) is 0.364. The minimum atomic E-state index is -0.421. The van der Waals surface area contributed by atoms with Gasteiger partial charge in [-0.05, 0) is 55.3 Å². The number of carbonyl (C=O) groups excluding carboxylic acids is 2. The van der Waals surface area contributed by atoms with Crippen LogP contribution in [0.5, 0.6) is 17.2 Å². The van der Waals surface area contributed by atoms with Gasteiger partial charge in [-0.15, -0.1) is 0 Å². The maximum atomic E-state index is 12.3. The Bertz CT molecular complexity index is 838. The highest BCUT2D eigenvalue weighted by molar-refractivity contribution is 5.98. The number of esters is 1. The van der Waals surface area contributed by atoms with Crippen LogP contribution in [0.15, 0.2) is 36.4 Å². The first-order valence-corrected chi connectivity index (χ1v) is 9.31. The molecular formula is C22H24O6. The summed E-state index contributed by atoms with van der Waals surface area (Å²) in [5, 5.41) is 0. The predicted octanol–water partition coefficient (Wildman–Crippen LogP) is 3.66. The number of hydrogen-bond acceptors (Lipinski definition) is 6. The Hall–Kier alpha value is -3.02. The van der Waals surface area contributed by atoms with Crippen molar-refractivity contribution in [3.05, 3.63) is 53.1 Å². The van der Waals surface area contributed by atoms with Crippen molar-refractivity contribution < 1.29 is 28.5 Å². The molecule has 6 heteroatoms. The van der Waals surface area contributed by atoms with Gasteiger partial charge >= 0.3 is 5.97 Å². The molecule has 0 aliphatic carbocycles. The second-order valence-electron chi connectivity index (χ2n) is 6.67. The van der Waals surface area contributed by atoms with Gasteiger partial charge in [0.1, 0.15) is 32.2 Å². The Morgan fingerprint density at radius 3 is 2.36 bits per heavy atom. The Kier molecular flexibility index (Phi) is 6.53. The molecular weight excluding hydrogens is 360 g/mol. The zero-order valence-electron chi connectivity index (χ0n) is 16.2. The number of hydrogen-bond donors (Lipinski definition) is 0. The van der Waals surface area contributed by atoms with Gasteiger partial charge < -0.3 is 18.9 Å². The molecule has 0 saturated carbocycles. The molecule has 0 fully saturated rings. The van der Waals surface area contributed by atoms with E-state index >= 15 is 0 Å². The van der Waals surface area contributed by atoms with Gasteiger partial charge in [-0.1, -0.05) is 6.07 Å². The molecule has 6 nitrogen and oxygen atoms in total. The monoisotopic (exact) mass is 384 g/mol. The van der Waals surface area contributed by atoms with Crippen molar-refractivity contribution in [2.75, 3.05) is 26.4 Å². The number of rotatable bonds is 8. The quantitative estimate of drug-likeness (QED) is 0.393. The minimum absolute atomic E-state index is 0.0246. The van der Waals surface area contributed by atoms with Crippen LogP contribution in [0.3, 0.4) is 0 Å². The zero-order valence-corrected chi connectivity index (χ0v) is 16.2. The lowest BCUT2D eigenvalue weighted by Crippen LogP contribution is -2.16. The predicted molar refractivity (Wildman–Crippen MR) is 103 cm³/mol. The first kappa shape index (κ1) is 19.7. The largest absolute Gasteiger partial charge is 0.490 e. The van der Waals surface area contributed by atoms with Gasteiger partial charge in [-0.25, -0.2) is 0 Å². The van der Waals surface area contributed by atoms with Crippen molar-refractivity contribution in [3.8, 4) is 17.2 Å². The van der Waals surface area contributed by atoms with Crippen LogP contribution in [0.2, 0.25) is 0 Å². The molecule has 0 atom stereocenters. The molecule has 0 unspecified atom stereocenters. The van der Waals surface area contributed by atoms with Crippen molar-refractivity contribution in [2.24, 2.45) is 0 Å². The lowest BCUT2D eigenvalue weighted by Gasteiger charge is -2.18. The molecule has 28 heavy (non-hydrogen) atoms. The molecule has 148 valence electrons. The highest BCUT2D eigenvalue weighted by Crippen LogP contribution is 2.31. The lowest BCUT2D eigenvalue weighted by molar-refractivity contribution is -0.144. The van der Waals surface area contributed by atoms with Crippen LogP contribution in [0.4, 0.5) is 0 Å². The van der Waals surface area contributed by atoms with Crippen LogP contribution >= 0.6 is 0 Å². The summed E-state index contributed by atoms with van der Waals surface area (Å²) in [6.45, 7) is 5.37. The zero-order chi connectivity index (χ0) is 19.9. The van der Waals surface area contributed by atoms with Crippen molar-refractivity contribution >= 4 is 11.8 Å². The van der Waals surface area contributed by atoms with E-state index in [0.29, 0.717) is 30.3 Å². The fourth-order valence-corrected chi connectivity index (χ4v) is 2.98. The second kappa shape index (κ2) is 9.26. The Balaban J connectivity index is 1.38. The van der Waals surface area contributed by atoms with E-state index in [9.17, 15) is 9.59 Å². The molecule has 3 rings (SSSR count). The smallest absolute Gasteiger partial charge is 0.306 e. The molecule has 0 radical (unpaired) electrons. The van der Waals surface area contributed by atoms with Crippen LogP contribution < -0.4 is 14.2 Å². The molecule has 0 N–H and O–H groups in total. The third-order valence-corrected chi connectivity index (χ3v) is 4.23. The number of ether oxygens (including phenoxy) is 4. The third kappa shape index (κ3) is 5.49. The maximum Gasteiger partial charge on any atom is 0.306 e. The van der Waals surface area contributed by atoms with Crippen molar-refractivity contribution in [1.82, 2.24) is 0 Å². The number of benzene rings is 2. The van der Waals surface area contributed by atoms with Crippen molar-refractivity contribution in [1.29, 1.82) is 0 Å².